The van der Waals surface area contributed by atoms with Crippen molar-refractivity contribution in [3.8, 4) is 0 Å². The molecule has 0 aromatic rings. The van der Waals surface area contributed by atoms with Gasteiger partial charge in [0, 0.05) is 34.2 Å². The predicted molar refractivity (Wildman–Crippen MR) is 37.8 cm³/mol. The fraction of sp³-hybridized carbons (Fsp3) is 0.833. The summed E-state index contributed by atoms with van der Waals surface area (Å²) in [7, 11) is 1.75. The van der Waals surface area contributed by atoms with Gasteiger partial charge in [-0.2, -0.15) is 0 Å². The van der Waals surface area contributed by atoms with Gasteiger partial charge in [-0.15, -0.1) is 0 Å². The Bertz CT molecular complexity index is 99.2. The molecule has 1 heterocycles. The molecule has 4 heteroatoms. The molecule has 1 aliphatic heterocycles. The van der Waals surface area contributed by atoms with Crippen LogP contribution in [0.15, 0.2) is 4.99 Å². The summed E-state index contributed by atoms with van der Waals surface area (Å²) < 4.78 is 0. The Kier molecular flexibility index (Phi) is 5.94. The Balaban J connectivity index is 0.000000810. The fourth-order valence-electron chi connectivity index (χ4n) is 0.906. The molecule has 0 amide bonds. The van der Waals surface area contributed by atoms with E-state index in [1.165, 1.54) is 0 Å². The zero-order valence-electron chi connectivity index (χ0n) is 6.13. The summed E-state index contributed by atoms with van der Waals surface area (Å²) in [5, 5.41) is 3.25. The molecule has 0 atom stereocenters. The molecule has 0 bridgehead atoms. The Labute approximate surface area is 76.2 Å². The predicted octanol–water partition coefficient (Wildman–Crippen LogP) is -0.576. The third kappa shape index (κ3) is 3.33. The second kappa shape index (κ2) is 5.87. The number of nitrogens with zero attached hydrogens (tertiary/aromatic N) is 2. The van der Waals surface area contributed by atoms with Gasteiger partial charge in [-0.1, -0.05) is 0 Å². The van der Waals surface area contributed by atoms with Crippen molar-refractivity contribution in [1.29, 1.82) is 0 Å². The van der Waals surface area contributed by atoms with Crippen LogP contribution in [0.25, 0.3) is 0 Å². The molecule has 0 radical (unpaired) electrons. The van der Waals surface area contributed by atoms with Gasteiger partial charge in [0.15, 0.2) is 0 Å². The number of aliphatic imine (C=N–C) groups is 1. The van der Waals surface area contributed by atoms with Crippen LogP contribution in [0, 0.1) is 0 Å². The molecule has 10 heavy (non-hydrogen) atoms. The van der Waals surface area contributed by atoms with Crippen molar-refractivity contribution >= 4 is 6.34 Å². The number of rotatable bonds is 1. The van der Waals surface area contributed by atoms with Gasteiger partial charge in [0.2, 0.25) is 0 Å². The van der Waals surface area contributed by atoms with Crippen molar-refractivity contribution in [2.45, 2.75) is 0 Å². The minimum absolute atomic E-state index is 0. The van der Waals surface area contributed by atoms with E-state index in [4.69, 9.17) is 0 Å². The summed E-state index contributed by atoms with van der Waals surface area (Å²) in [5.41, 5.74) is 0. The Morgan fingerprint density at radius 1 is 1.40 bits per heavy atom. The van der Waals surface area contributed by atoms with Gasteiger partial charge < -0.3 is 15.2 Å². The van der Waals surface area contributed by atoms with Crippen molar-refractivity contribution < 1.29 is 21.1 Å². The average molecular weight is 310 g/mol. The van der Waals surface area contributed by atoms with E-state index in [0.29, 0.717) is 0 Å². The number of piperazine rings is 1. The molecule has 0 spiro atoms. The molecule has 0 aromatic heterocycles. The van der Waals surface area contributed by atoms with Crippen LogP contribution >= 0.6 is 0 Å². The molecule has 1 rings (SSSR count). The smallest absolute Gasteiger partial charge is 0.0102 e. The third-order valence-electron chi connectivity index (χ3n) is 1.36. The van der Waals surface area contributed by atoms with Gasteiger partial charge >= 0.3 is 0 Å². The zero-order chi connectivity index (χ0) is 6.53. The van der Waals surface area contributed by atoms with Crippen LogP contribution in [-0.4, -0.2) is 44.5 Å². The number of hydrogen-bond donors (Lipinski definition) is 1. The van der Waals surface area contributed by atoms with E-state index in [0.717, 1.165) is 26.2 Å². The maximum absolute atomic E-state index is 3.81. The molecular formula is C6H12N3W-. The summed E-state index contributed by atoms with van der Waals surface area (Å²) in [5.74, 6) is 0. The van der Waals surface area contributed by atoms with Gasteiger partial charge in [0.25, 0.3) is 0 Å². The maximum Gasteiger partial charge on any atom is 0.0102 e. The van der Waals surface area contributed by atoms with E-state index in [1.807, 2.05) is 0 Å². The summed E-state index contributed by atoms with van der Waals surface area (Å²) in [6.45, 7) is 4.19. The van der Waals surface area contributed by atoms with E-state index in [9.17, 15) is 0 Å². The second-order valence-corrected chi connectivity index (χ2v) is 2.06. The van der Waals surface area contributed by atoms with Crippen LogP contribution in [0.5, 0.6) is 0 Å². The summed E-state index contributed by atoms with van der Waals surface area (Å²) in [4.78, 5) is 5.90. The van der Waals surface area contributed by atoms with Crippen molar-refractivity contribution in [3.05, 3.63) is 0 Å². The van der Waals surface area contributed by atoms with E-state index < -0.39 is 0 Å². The first-order chi connectivity index (χ1) is 4.43. The summed E-state index contributed by atoms with van der Waals surface area (Å²) in [6, 6.07) is 0. The van der Waals surface area contributed by atoms with Gasteiger partial charge in [-0.05, 0) is 20.1 Å². The SMILES string of the molecule is CN=[C-]N1CCNCC1.[W]. The molecule has 1 aliphatic rings. The number of hydrogen-bond acceptors (Lipinski definition) is 2. The summed E-state index contributed by atoms with van der Waals surface area (Å²) in [6.07, 6.45) is 2.90. The van der Waals surface area contributed by atoms with E-state index >= 15 is 0 Å². The van der Waals surface area contributed by atoms with Crippen LogP contribution in [0.2, 0.25) is 0 Å². The fourth-order valence-corrected chi connectivity index (χ4v) is 0.906. The summed E-state index contributed by atoms with van der Waals surface area (Å²) >= 11 is 0. The molecule has 0 unspecified atom stereocenters. The largest absolute Gasteiger partial charge is 0.535 e. The molecule has 0 aliphatic carbocycles. The standard InChI is InChI=1S/C6H12N3.W/c1-7-6-9-4-2-8-3-5-9;/h8H,2-5H2,1H3;/q-1;. The minimum Gasteiger partial charge on any atom is -0.535 e. The zero-order valence-corrected chi connectivity index (χ0v) is 9.06. The van der Waals surface area contributed by atoms with Gasteiger partial charge in [0.1, 0.15) is 0 Å². The Hall–Kier alpha value is 0.118. The molecule has 3 nitrogen and oxygen atoms in total. The minimum atomic E-state index is 0. The van der Waals surface area contributed by atoms with E-state index in [-0.39, 0.29) is 21.1 Å². The first-order valence-electron chi connectivity index (χ1n) is 3.23. The average Bonchev–Trinajstić information content (AvgIpc) is 1.91. The van der Waals surface area contributed by atoms with Crippen molar-refractivity contribution in [2.24, 2.45) is 4.99 Å². The van der Waals surface area contributed by atoms with Crippen LogP contribution in [-0.2, 0) is 21.1 Å². The topological polar surface area (TPSA) is 27.6 Å². The Morgan fingerprint density at radius 3 is 2.50 bits per heavy atom. The molecule has 1 saturated heterocycles. The molecule has 0 aromatic carbocycles. The quantitative estimate of drug-likeness (QED) is 0.399. The van der Waals surface area contributed by atoms with Crippen molar-refractivity contribution in [2.75, 3.05) is 33.2 Å². The molecule has 1 fully saturated rings. The van der Waals surface area contributed by atoms with E-state index in [2.05, 4.69) is 21.5 Å². The van der Waals surface area contributed by atoms with E-state index in [1.54, 1.807) is 7.05 Å². The van der Waals surface area contributed by atoms with Gasteiger partial charge in [0.05, 0.1) is 0 Å². The van der Waals surface area contributed by atoms with Crippen molar-refractivity contribution in [1.82, 2.24) is 10.2 Å². The Morgan fingerprint density at radius 2 is 2.00 bits per heavy atom. The molecular weight excluding hydrogens is 298 g/mol. The normalized spacial score (nSPS) is 19.1. The first-order valence-corrected chi connectivity index (χ1v) is 3.23. The second-order valence-electron chi connectivity index (χ2n) is 2.06. The first kappa shape index (κ1) is 10.1. The molecule has 58 valence electrons. The molecule has 1 N–H and O–H groups in total. The van der Waals surface area contributed by atoms with Crippen LogP contribution in [0.4, 0.5) is 0 Å². The van der Waals surface area contributed by atoms with Gasteiger partial charge in [-0.25, -0.2) is 0 Å². The van der Waals surface area contributed by atoms with Crippen molar-refractivity contribution in [3.63, 3.8) is 0 Å². The van der Waals surface area contributed by atoms with Crippen LogP contribution in [0.3, 0.4) is 0 Å². The monoisotopic (exact) mass is 310 g/mol. The third-order valence-corrected chi connectivity index (χ3v) is 1.36. The molecule has 0 saturated carbocycles. The van der Waals surface area contributed by atoms with Crippen LogP contribution in [0.1, 0.15) is 0 Å². The maximum atomic E-state index is 3.81. The van der Waals surface area contributed by atoms with Gasteiger partial charge in [-0.3, -0.25) is 6.34 Å². The van der Waals surface area contributed by atoms with Crippen LogP contribution < -0.4 is 5.32 Å². The number of nitrogens with one attached hydrogen (secondary N) is 1.